The maximum Gasteiger partial charge on any atom is 0.177 e. The molecule has 1 aliphatic heterocycles. The molecule has 1 unspecified atom stereocenters. The molecule has 94 valence electrons. The predicted octanol–water partition coefficient (Wildman–Crippen LogP) is 3.55. The molecular weight excluding hydrogens is 254 g/mol. The van der Waals surface area contributed by atoms with Gasteiger partial charge in [-0.1, -0.05) is 0 Å². The average Bonchev–Trinajstić information content (AvgIpc) is 2.83. The van der Waals surface area contributed by atoms with Gasteiger partial charge in [-0.3, -0.25) is 0 Å². The van der Waals surface area contributed by atoms with Crippen LogP contribution in [0.2, 0.25) is 0 Å². The van der Waals surface area contributed by atoms with Crippen molar-refractivity contribution >= 4 is 12.2 Å². The molecule has 1 aliphatic rings. The fraction of sp³-hybridized carbons (Fsp3) is 0.308. The van der Waals surface area contributed by atoms with Gasteiger partial charge in [0, 0.05) is 30.4 Å². The number of hydrogen-bond acceptors (Lipinski definition) is 1. The molecule has 3 rings (SSSR count). The summed E-state index contributed by atoms with van der Waals surface area (Å²) in [6, 6.07) is 3.69. The Morgan fingerprint density at radius 2 is 2.00 bits per heavy atom. The highest BCUT2D eigenvalue weighted by Crippen LogP contribution is 2.31. The van der Waals surface area contributed by atoms with E-state index in [-0.39, 0.29) is 5.92 Å². The summed E-state index contributed by atoms with van der Waals surface area (Å²) in [7, 11) is 0. The first-order chi connectivity index (χ1) is 8.63. The van der Waals surface area contributed by atoms with Crippen LogP contribution in [0.5, 0.6) is 0 Å². The number of hydrogen-bond donors (Lipinski definition) is 1. The number of halogens is 2. The van der Waals surface area contributed by atoms with Gasteiger partial charge >= 0.3 is 0 Å². The van der Waals surface area contributed by atoms with Crippen LogP contribution in [0.3, 0.4) is 0 Å². The first-order valence-electron chi connectivity index (χ1n) is 5.86. The second-order valence-electron chi connectivity index (χ2n) is 4.64. The van der Waals surface area contributed by atoms with E-state index in [4.69, 9.17) is 12.2 Å². The molecule has 1 aromatic carbocycles. The zero-order valence-corrected chi connectivity index (χ0v) is 10.4. The van der Waals surface area contributed by atoms with E-state index in [2.05, 4.69) is 9.55 Å². The summed E-state index contributed by atoms with van der Waals surface area (Å²) in [4.78, 5) is 3.01. The molecule has 0 saturated heterocycles. The number of benzene rings is 1. The third-order valence-corrected chi connectivity index (χ3v) is 3.76. The second kappa shape index (κ2) is 4.31. The maximum atomic E-state index is 13.1. The van der Waals surface area contributed by atoms with E-state index in [1.807, 2.05) is 6.20 Å². The van der Waals surface area contributed by atoms with E-state index in [9.17, 15) is 8.78 Å². The van der Waals surface area contributed by atoms with Crippen molar-refractivity contribution in [3.8, 4) is 0 Å². The van der Waals surface area contributed by atoms with Gasteiger partial charge in [0.15, 0.2) is 4.77 Å². The van der Waals surface area contributed by atoms with E-state index in [1.165, 1.54) is 12.1 Å². The minimum absolute atomic E-state index is 0.277. The number of aromatic amines is 1. The first kappa shape index (κ1) is 11.6. The van der Waals surface area contributed by atoms with Crippen LogP contribution in [0.15, 0.2) is 24.4 Å². The molecule has 2 aromatic rings. The summed E-state index contributed by atoms with van der Waals surface area (Å²) in [6.07, 6.45) is 3.50. The molecule has 0 aliphatic carbocycles. The van der Waals surface area contributed by atoms with E-state index < -0.39 is 11.6 Å². The number of H-pyrrole nitrogens is 1. The van der Waals surface area contributed by atoms with Gasteiger partial charge < -0.3 is 9.55 Å². The molecule has 1 atom stereocenters. The Labute approximate surface area is 108 Å². The number of aromatic nitrogens is 2. The Morgan fingerprint density at radius 3 is 2.72 bits per heavy atom. The summed E-state index contributed by atoms with van der Waals surface area (Å²) < 4.78 is 29.0. The van der Waals surface area contributed by atoms with Gasteiger partial charge in [0.1, 0.15) is 11.6 Å². The van der Waals surface area contributed by atoms with Crippen LogP contribution in [0.1, 0.15) is 23.6 Å². The van der Waals surface area contributed by atoms with Crippen LogP contribution in [-0.4, -0.2) is 9.55 Å². The summed E-state index contributed by atoms with van der Waals surface area (Å²) in [6.45, 7) is 0.875. The normalized spacial score (nSPS) is 18.0. The zero-order chi connectivity index (χ0) is 12.7. The summed E-state index contributed by atoms with van der Waals surface area (Å²) in [5.74, 6) is -0.762. The zero-order valence-electron chi connectivity index (χ0n) is 9.62. The number of fused-ring (bicyclic) bond motifs is 1. The van der Waals surface area contributed by atoms with E-state index in [0.29, 0.717) is 12.0 Å². The van der Waals surface area contributed by atoms with Gasteiger partial charge in [-0.25, -0.2) is 8.78 Å². The van der Waals surface area contributed by atoms with Crippen molar-refractivity contribution in [1.29, 1.82) is 0 Å². The van der Waals surface area contributed by atoms with Crippen LogP contribution in [-0.2, 0) is 13.0 Å². The molecule has 5 heteroatoms. The fourth-order valence-corrected chi connectivity index (χ4v) is 2.89. The van der Waals surface area contributed by atoms with Gasteiger partial charge in [0.2, 0.25) is 0 Å². The predicted molar refractivity (Wildman–Crippen MR) is 67.0 cm³/mol. The van der Waals surface area contributed by atoms with Crippen molar-refractivity contribution in [2.75, 3.05) is 0 Å². The topological polar surface area (TPSA) is 20.7 Å². The first-order valence-corrected chi connectivity index (χ1v) is 6.27. The molecule has 2 nitrogen and oxygen atoms in total. The third kappa shape index (κ3) is 1.99. The van der Waals surface area contributed by atoms with Crippen LogP contribution in [0.25, 0.3) is 0 Å². The van der Waals surface area contributed by atoms with Crippen molar-refractivity contribution in [1.82, 2.24) is 9.55 Å². The highest BCUT2D eigenvalue weighted by molar-refractivity contribution is 7.71. The van der Waals surface area contributed by atoms with Crippen LogP contribution >= 0.6 is 12.2 Å². The Morgan fingerprint density at radius 1 is 1.28 bits per heavy atom. The second-order valence-corrected chi connectivity index (χ2v) is 5.02. The SMILES string of the molecule is Fc1cc(F)cc(CC2CCn3c2c[nH]c3=S)c1. The Bertz CT molecular complexity index is 624. The van der Waals surface area contributed by atoms with Crippen molar-refractivity contribution in [3.63, 3.8) is 0 Å². The number of nitrogens with zero attached hydrogens (tertiary/aromatic N) is 1. The molecule has 0 fully saturated rings. The Kier molecular flexibility index (Phi) is 2.78. The third-order valence-electron chi connectivity index (χ3n) is 3.42. The lowest BCUT2D eigenvalue weighted by atomic mass is 9.96. The van der Waals surface area contributed by atoms with Crippen LogP contribution < -0.4 is 0 Å². The van der Waals surface area contributed by atoms with Crippen molar-refractivity contribution in [3.05, 3.63) is 52.1 Å². The summed E-state index contributed by atoms with van der Waals surface area (Å²) in [5, 5.41) is 0. The molecule has 0 radical (unpaired) electrons. The van der Waals surface area contributed by atoms with Gasteiger partial charge in [-0.15, -0.1) is 0 Å². The Balaban J connectivity index is 1.88. The van der Waals surface area contributed by atoms with E-state index >= 15 is 0 Å². The fourth-order valence-electron chi connectivity index (χ4n) is 2.63. The quantitative estimate of drug-likeness (QED) is 0.824. The lowest BCUT2D eigenvalue weighted by Crippen LogP contribution is -2.00. The molecular formula is C13H12F2N2S. The van der Waals surface area contributed by atoms with Crippen molar-refractivity contribution < 1.29 is 8.78 Å². The summed E-state index contributed by atoms with van der Waals surface area (Å²) >= 11 is 5.16. The molecule has 0 amide bonds. The lowest BCUT2D eigenvalue weighted by molar-refractivity contribution is 0.574. The summed E-state index contributed by atoms with van der Waals surface area (Å²) in [5.41, 5.74) is 1.82. The number of imidazole rings is 1. The average molecular weight is 266 g/mol. The van der Waals surface area contributed by atoms with Crippen LogP contribution in [0.4, 0.5) is 8.78 Å². The van der Waals surface area contributed by atoms with Gasteiger partial charge in [0.25, 0.3) is 0 Å². The van der Waals surface area contributed by atoms with Crippen molar-refractivity contribution in [2.24, 2.45) is 0 Å². The molecule has 1 N–H and O–H groups in total. The van der Waals surface area contributed by atoms with Gasteiger partial charge in [-0.05, 0) is 42.8 Å². The van der Waals surface area contributed by atoms with E-state index in [1.54, 1.807) is 0 Å². The largest absolute Gasteiger partial charge is 0.337 e. The smallest absolute Gasteiger partial charge is 0.177 e. The molecule has 0 bridgehead atoms. The van der Waals surface area contributed by atoms with Gasteiger partial charge in [0.05, 0.1) is 0 Å². The number of rotatable bonds is 2. The van der Waals surface area contributed by atoms with E-state index in [0.717, 1.165) is 29.5 Å². The molecule has 0 saturated carbocycles. The van der Waals surface area contributed by atoms with Crippen LogP contribution in [0, 0.1) is 16.4 Å². The highest BCUT2D eigenvalue weighted by atomic mass is 32.1. The lowest BCUT2D eigenvalue weighted by Gasteiger charge is -2.09. The Hall–Kier alpha value is -1.49. The molecule has 0 spiro atoms. The van der Waals surface area contributed by atoms with Crippen molar-refractivity contribution in [2.45, 2.75) is 25.3 Å². The van der Waals surface area contributed by atoms with Gasteiger partial charge in [-0.2, -0.15) is 0 Å². The minimum Gasteiger partial charge on any atom is -0.337 e. The minimum atomic E-state index is -0.520. The monoisotopic (exact) mass is 266 g/mol. The molecule has 1 aromatic heterocycles. The molecule has 2 heterocycles. The maximum absolute atomic E-state index is 13.1. The molecule has 18 heavy (non-hydrogen) atoms. The highest BCUT2D eigenvalue weighted by Gasteiger charge is 2.23. The standard InChI is InChI=1S/C13H12F2N2S/c14-10-4-8(5-11(15)6-10)3-9-1-2-17-12(9)7-16-13(17)18/h4-7,9H,1-3H2,(H,16,18). The number of nitrogens with one attached hydrogen (secondary N) is 1.